The van der Waals surface area contributed by atoms with Crippen LogP contribution in [0.15, 0.2) is 23.5 Å². The number of halogens is 1. The Kier molecular flexibility index (Phi) is 3.89. The van der Waals surface area contributed by atoms with Crippen LogP contribution in [0.5, 0.6) is 0 Å². The maximum absolute atomic E-state index is 14.5. The number of aromatic amines is 1. The Morgan fingerprint density at radius 3 is 2.73 bits per heavy atom. The molecule has 9 heteroatoms. The van der Waals surface area contributed by atoms with Crippen LogP contribution in [0.3, 0.4) is 0 Å². The molecule has 0 radical (unpaired) electrons. The van der Waals surface area contributed by atoms with E-state index in [0.717, 1.165) is 12.8 Å². The highest BCUT2D eigenvalue weighted by atomic mass is 32.2. The molecule has 26 heavy (non-hydrogen) atoms. The molecule has 7 nitrogen and oxygen atoms in total. The van der Waals surface area contributed by atoms with E-state index in [0.29, 0.717) is 28.9 Å². The lowest BCUT2D eigenvalue weighted by molar-refractivity contribution is 0.407. The molecule has 0 spiro atoms. The summed E-state index contributed by atoms with van der Waals surface area (Å²) in [5.41, 5.74) is 1.44. The smallest absolute Gasteiger partial charge is 0.258 e. The van der Waals surface area contributed by atoms with E-state index in [1.165, 1.54) is 16.4 Å². The second-order valence-corrected chi connectivity index (χ2v) is 8.68. The molecule has 3 aromatic rings. The Morgan fingerprint density at radius 1 is 1.35 bits per heavy atom. The Labute approximate surface area is 150 Å². The fourth-order valence-electron chi connectivity index (χ4n) is 3.64. The minimum Gasteiger partial charge on any atom is -0.342 e. The molecule has 1 aromatic carbocycles. The fourth-order valence-corrected chi connectivity index (χ4v) is 5.34. The van der Waals surface area contributed by atoms with Crippen molar-refractivity contribution in [2.75, 3.05) is 6.54 Å². The van der Waals surface area contributed by atoms with Crippen LogP contribution in [-0.4, -0.2) is 45.1 Å². The van der Waals surface area contributed by atoms with Gasteiger partial charge in [0.2, 0.25) is 0 Å². The number of hydrogen-bond acceptors (Lipinski definition) is 4. The predicted octanol–water partition coefficient (Wildman–Crippen LogP) is 2.58. The molecule has 0 bridgehead atoms. The largest absolute Gasteiger partial charge is 0.342 e. The van der Waals surface area contributed by atoms with E-state index in [1.807, 2.05) is 6.92 Å². The molecule has 3 heterocycles. The summed E-state index contributed by atoms with van der Waals surface area (Å²) in [6.45, 7) is 4.13. The molecule has 1 N–H and O–H groups in total. The molecule has 1 aliphatic rings. The number of hydrogen-bond donors (Lipinski definition) is 1. The third-order valence-corrected chi connectivity index (χ3v) is 6.88. The number of aromatic nitrogens is 4. The average molecular weight is 377 g/mol. The van der Waals surface area contributed by atoms with Gasteiger partial charge in [0, 0.05) is 30.6 Å². The van der Waals surface area contributed by atoms with Crippen molar-refractivity contribution < 1.29 is 12.8 Å². The molecule has 0 aliphatic carbocycles. The molecule has 1 fully saturated rings. The van der Waals surface area contributed by atoms with Gasteiger partial charge in [0.15, 0.2) is 5.82 Å². The minimum atomic E-state index is -3.71. The van der Waals surface area contributed by atoms with Crippen molar-refractivity contribution in [3.8, 4) is 11.4 Å². The van der Waals surface area contributed by atoms with Crippen LogP contribution in [0.1, 0.15) is 25.3 Å². The van der Waals surface area contributed by atoms with Crippen LogP contribution in [0.25, 0.3) is 22.3 Å². The first kappa shape index (κ1) is 17.2. The number of fused-ring (bicyclic) bond motifs is 1. The molecule has 0 saturated carbocycles. The number of benzene rings is 1. The molecule has 1 saturated heterocycles. The summed E-state index contributed by atoms with van der Waals surface area (Å²) in [6.07, 6.45) is 3.22. The lowest BCUT2D eigenvalue weighted by Gasteiger charge is -2.19. The van der Waals surface area contributed by atoms with Gasteiger partial charge in [-0.1, -0.05) is 0 Å². The van der Waals surface area contributed by atoms with E-state index < -0.39 is 15.8 Å². The van der Waals surface area contributed by atoms with Crippen LogP contribution in [0.2, 0.25) is 0 Å². The highest BCUT2D eigenvalue weighted by Gasteiger charge is 2.34. The molecule has 2 aromatic heterocycles. The SMILES string of the molecule is Cc1cc(F)c2[nH]c(S(=O)(=O)N3CCCC3C)cc2c1-c1ncn(C)n1. The number of nitrogens with zero attached hydrogens (tertiary/aromatic N) is 4. The van der Waals surface area contributed by atoms with Gasteiger partial charge in [0.25, 0.3) is 10.0 Å². The zero-order chi connectivity index (χ0) is 18.6. The van der Waals surface area contributed by atoms with Gasteiger partial charge in [0.05, 0.1) is 5.52 Å². The lowest BCUT2D eigenvalue weighted by atomic mass is 10.0. The third-order valence-electron chi connectivity index (χ3n) is 4.94. The van der Waals surface area contributed by atoms with Gasteiger partial charge in [-0.2, -0.15) is 9.40 Å². The van der Waals surface area contributed by atoms with E-state index in [2.05, 4.69) is 15.1 Å². The molecule has 1 aliphatic heterocycles. The number of aryl methyl sites for hydroxylation is 2. The van der Waals surface area contributed by atoms with Gasteiger partial charge in [0.1, 0.15) is 17.2 Å². The summed E-state index contributed by atoms with van der Waals surface area (Å²) in [4.78, 5) is 7.02. The molecule has 138 valence electrons. The van der Waals surface area contributed by atoms with Crippen molar-refractivity contribution in [1.82, 2.24) is 24.1 Å². The number of H-pyrrole nitrogens is 1. The normalized spacial score (nSPS) is 18.8. The topological polar surface area (TPSA) is 83.9 Å². The van der Waals surface area contributed by atoms with Crippen LogP contribution in [-0.2, 0) is 17.1 Å². The Bertz CT molecular complexity index is 1100. The molecular formula is C17H20FN5O2S. The highest BCUT2D eigenvalue weighted by Crippen LogP contribution is 2.35. The van der Waals surface area contributed by atoms with Crippen molar-refractivity contribution in [2.24, 2.45) is 7.05 Å². The number of rotatable bonds is 3. The van der Waals surface area contributed by atoms with Crippen molar-refractivity contribution in [3.63, 3.8) is 0 Å². The van der Waals surface area contributed by atoms with Gasteiger partial charge in [-0.25, -0.2) is 17.8 Å². The van der Waals surface area contributed by atoms with Crippen molar-refractivity contribution >= 4 is 20.9 Å². The maximum atomic E-state index is 14.5. The standard InChI is InChI=1S/C17H20FN5O2S/c1-10-7-13(18)16-12(15(10)17-19-9-22(3)21-17)8-14(20-16)26(24,25)23-6-4-5-11(23)2/h7-9,11,20H,4-6H2,1-3H3. The lowest BCUT2D eigenvalue weighted by Crippen LogP contribution is -2.33. The highest BCUT2D eigenvalue weighted by molar-refractivity contribution is 7.89. The molecular weight excluding hydrogens is 357 g/mol. The summed E-state index contributed by atoms with van der Waals surface area (Å²) in [5, 5.41) is 4.77. The Morgan fingerprint density at radius 2 is 2.12 bits per heavy atom. The average Bonchev–Trinajstić information content (AvgIpc) is 3.27. The fraction of sp³-hybridized carbons (Fsp3) is 0.412. The van der Waals surface area contributed by atoms with Gasteiger partial charge >= 0.3 is 0 Å². The monoisotopic (exact) mass is 377 g/mol. The predicted molar refractivity (Wildman–Crippen MR) is 95.6 cm³/mol. The second kappa shape index (κ2) is 5.88. The zero-order valence-corrected chi connectivity index (χ0v) is 15.6. The third kappa shape index (κ3) is 2.53. The van der Waals surface area contributed by atoms with Crippen molar-refractivity contribution in [3.05, 3.63) is 29.8 Å². The van der Waals surface area contributed by atoms with Crippen LogP contribution in [0, 0.1) is 12.7 Å². The van der Waals surface area contributed by atoms with E-state index >= 15 is 0 Å². The molecule has 0 amide bonds. The number of nitrogens with one attached hydrogen (secondary N) is 1. The number of sulfonamides is 1. The Balaban J connectivity index is 1.94. The maximum Gasteiger partial charge on any atom is 0.258 e. The van der Waals surface area contributed by atoms with Crippen molar-refractivity contribution in [2.45, 2.75) is 37.8 Å². The first-order chi connectivity index (χ1) is 12.3. The summed E-state index contributed by atoms with van der Waals surface area (Å²) in [7, 11) is -1.96. The Hall–Kier alpha value is -2.26. The molecule has 1 atom stereocenters. The van der Waals surface area contributed by atoms with Gasteiger partial charge in [-0.3, -0.25) is 4.68 Å². The minimum absolute atomic E-state index is 0.00271. The summed E-state index contributed by atoms with van der Waals surface area (Å²) in [5.74, 6) is -0.0550. The second-order valence-electron chi connectivity index (χ2n) is 6.82. The van der Waals surface area contributed by atoms with Gasteiger partial charge < -0.3 is 4.98 Å². The summed E-state index contributed by atoms with van der Waals surface area (Å²) in [6, 6.07) is 2.81. The zero-order valence-electron chi connectivity index (χ0n) is 14.8. The van der Waals surface area contributed by atoms with Crippen LogP contribution < -0.4 is 0 Å². The van der Waals surface area contributed by atoms with Crippen molar-refractivity contribution in [1.29, 1.82) is 0 Å². The van der Waals surface area contributed by atoms with Crippen LogP contribution in [0.4, 0.5) is 4.39 Å². The summed E-state index contributed by atoms with van der Waals surface area (Å²) >= 11 is 0. The van der Waals surface area contributed by atoms with Crippen LogP contribution >= 0.6 is 0 Å². The summed E-state index contributed by atoms with van der Waals surface area (Å²) < 4.78 is 43.5. The van der Waals surface area contributed by atoms with E-state index in [-0.39, 0.29) is 16.6 Å². The molecule has 4 rings (SSSR count). The quantitative estimate of drug-likeness (QED) is 0.760. The van der Waals surface area contributed by atoms with E-state index in [9.17, 15) is 12.8 Å². The molecule has 1 unspecified atom stereocenters. The van der Waals surface area contributed by atoms with Gasteiger partial charge in [-0.05, 0) is 44.4 Å². The van der Waals surface area contributed by atoms with E-state index in [4.69, 9.17) is 0 Å². The first-order valence-electron chi connectivity index (χ1n) is 8.48. The van der Waals surface area contributed by atoms with E-state index in [1.54, 1.807) is 25.0 Å². The first-order valence-corrected chi connectivity index (χ1v) is 9.92. The van der Waals surface area contributed by atoms with Gasteiger partial charge in [-0.15, -0.1) is 0 Å².